The molecule has 0 aliphatic rings. The molecule has 1 aromatic rings. The van der Waals surface area contributed by atoms with Gasteiger partial charge >= 0.3 is 5.97 Å². The molecule has 0 fully saturated rings. The first-order valence-corrected chi connectivity index (χ1v) is 7.05. The fourth-order valence-electron chi connectivity index (χ4n) is 1.45. The first-order valence-electron chi connectivity index (χ1n) is 6.17. The number of nitrogens with two attached hydrogens (primary N) is 1. The lowest BCUT2D eigenvalue weighted by Gasteiger charge is -2.17. The first kappa shape index (κ1) is 18.2. The van der Waals surface area contributed by atoms with Crippen molar-refractivity contribution in [1.82, 2.24) is 5.32 Å². The molecule has 1 amide bonds. The molecule has 22 heavy (non-hydrogen) atoms. The molecule has 0 radical (unpaired) electrons. The summed E-state index contributed by atoms with van der Waals surface area (Å²) in [5.41, 5.74) is 5.12. The largest absolute Gasteiger partial charge is 0.496 e. The van der Waals surface area contributed by atoms with Crippen molar-refractivity contribution < 1.29 is 28.2 Å². The van der Waals surface area contributed by atoms with Crippen molar-refractivity contribution in [3.63, 3.8) is 0 Å². The Morgan fingerprint density at radius 3 is 2.50 bits per heavy atom. The number of thioether (sulfide) groups is 1. The maximum Gasteiger partial charge on any atom is 0.337 e. The summed E-state index contributed by atoms with van der Waals surface area (Å²) in [7, 11) is 1.28. The molecule has 1 rings (SSSR count). The van der Waals surface area contributed by atoms with Crippen LogP contribution in [-0.4, -0.2) is 35.5 Å². The Morgan fingerprint density at radius 2 is 2.05 bits per heavy atom. The van der Waals surface area contributed by atoms with E-state index in [2.05, 4.69) is 5.32 Å². The molecule has 0 aromatic heterocycles. The van der Waals surface area contributed by atoms with Crippen molar-refractivity contribution in [3.05, 3.63) is 23.8 Å². The smallest absolute Gasteiger partial charge is 0.337 e. The Balaban J connectivity index is 2.98. The van der Waals surface area contributed by atoms with Gasteiger partial charge in [-0.3, -0.25) is 4.79 Å². The minimum Gasteiger partial charge on any atom is -0.496 e. The molecule has 0 saturated carbocycles. The van der Waals surface area contributed by atoms with E-state index in [9.17, 15) is 18.4 Å². The Labute approximate surface area is 130 Å². The summed E-state index contributed by atoms with van der Waals surface area (Å²) in [4.78, 5) is 23.0. The van der Waals surface area contributed by atoms with Crippen molar-refractivity contribution in [3.8, 4) is 5.75 Å². The van der Waals surface area contributed by atoms with Crippen LogP contribution < -0.4 is 15.8 Å². The summed E-state index contributed by atoms with van der Waals surface area (Å²) >= 11 is 0.757. The molecule has 0 spiro atoms. The van der Waals surface area contributed by atoms with Crippen molar-refractivity contribution in [1.29, 1.82) is 0 Å². The molecule has 6 nitrogen and oxygen atoms in total. The number of methoxy groups -OCH3 is 1. The summed E-state index contributed by atoms with van der Waals surface area (Å²) in [6.07, 6.45) is -2.67. The van der Waals surface area contributed by atoms with E-state index in [1.54, 1.807) is 0 Å². The molecule has 9 heteroatoms. The molecule has 0 bridgehead atoms. The molecule has 1 aromatic carbocycles. The zero-order chi connectivity index (χ0) is 16.9. The molecule has 4 N–H and O–H groups in total. The molecule has 0 saturated heterocycles. The van der Waals surface area contributed by atoms with E-state index < -0.39 is 29.7 Å². The van der Waals surface area contributed by atoms with Crippen LogP contribution in [0.5, 0.6) is 5.75 Å². The second-order valence-corrected chi connectivity index (χ2v) is 5.49. The lowest BCUT2D eigenvalue weighted by atomic mass is 10.2. The SMILES string of the molecule is COc1cc(C(F)F)ccc1S[C@@H](NC(=O)[C@@H](C)N)C(=O)O. The summed E-state index contributed by atoms with van der Waals surface area (Å²) in [5, 5.41) is 10.1. The maximum absolute atomic E-state index is 12.6. The minimum absolute atomic E-state index is 0.101. The normalized spacial score (nSPS) is 13.5. The van der Waals surface area contributed by atoms with E-state index in [-0.39, 0.29) is 11.3 Å². The molecule has 0 aliphatic heterocycles. The van der Waals surface area contributed by atoms with Gasteiger partial charge in [-0.15, -0.1) is 0 Å². The fourth-order valence-corrected chi connectivity index (χ4v) is 2.38. The number of halogens is 2. The lowest BCUT2D eigenvalue weighted by Crippen LogP contribution is -2.45. The molecule has 122 valence electrons. The number of carboxylic acid groups (broad SMARTS) is 1. The van der Waals surface area contributed by atoms with Gasteiger partial charge in [-0.05, 0) is 19.1 Å². The Hall–Kier alpha value is -1.87. The molecule has 0 aliphatic carbocycles. The lowest BCUT2D eigenvalue weighted by molar-refractivity contribution is -0.139. The van der Waals surface area contributed by atoms with Gasteiger partial charge in [0.25, 0.3) is 6.43 Å². The standard InChI is InChI=1S/C13H16F2N2O4S/c1-6(16)11(18)17-12(13(19)20)22-9-4-3-7(10(14)15)5-8(9)21-2/h3-6,10,12H,16H2,1-2H3,(H,17,18)(H,19,20)/t6-,12-/m1/s1. The number of carbonyl (C=O) groups excluding carboxylic acids is 1. The first-order chi connectivity index (χ1) is 10.3. The van der Waals surface area contributed by atoms with E-state index in [1.165, 1.54) is 26.2 Å². The fraction of sp³-hybridized carbons (Fsp3) is 0.385. The van der Waals surface area contributed by atoms with E-state index in [0.29, 0.717) is 4.90 Å². The number of rotatable bonds is 7. The van der Waals surface area contributed by atoms with Crippen LogP contribution in [-0.2, 0) is 9.59 Å². The number of benzene rings is 1. The van der Waals surface area contributed by atoms with E-state index in [4.69, 9.17) is 15.6 Å². The number of nitrogens with one attached hydrogen (secondary N) is 1. The van der Waals surface area contributed by atoms with Crippen LogP contribution in [0.4, 0.5) is 8.78 Å². The molecular formula is C13H16F2N2O4S. The number of hydrogen-bond acceptors (Lipinski definition) is 5. The van der Waals surface area contributed by atoms with Crippen LogP contribution in [0, 0.1) is 0 Å². The van der Waals surface area contributed by atoms with Gasteiger partial charge in [-0.2, -0.15) is 0 Å². The second kappa shape index (κ2) is 7.95. The molecule has 2 atom stereocenters. The minimum atomic E-state index is -2.67. The second-order valence-electron chi connectivity index (χ2n) is 4.34. The Morgan fingerprint density at radius 1 is 1.41 bits per heavy atom. The van der Waals surface area contributed by atoms with Crippen molar-refractivity contribution >= 4 is 23.6 Å². The third-order valence-corrected chi connectivity index (χ3v) is 3.74. The molecule has 0 heterocycles. The topological polar surface area (TPSA) is 102 Å². The third-order valence-electron chi connectivity index (χ3n) is 2.60. The summed E-state index contributed by atoms with van der Waals surface area (Å²) in [6.45, 7) is 1.41. The molecular weight excluding hydrogens is 318 g/mol. The maximum atomic E-state index is 12.6. The van der Waals surface area contributed by atoms with Crippen molar-refractivity contribution in [2.75, 3.05) is 7.11 Å². The van der Waals surface area contributed by atoms with Crippen LogP contribution >= 0.6 is 11.8 Å². The zero-order valence-electron chi connectivity index (χ0n) is 11.9. The number of carboxylic acids is 1. The zero-order valence-corrected chi connectivity index (χ0v) is 12.7. The number of aliphatic carboxylic acids is 1. The Kier molecular flexibility index (Phi) is 6.57. The average Bonchev–Trinajstić information content (AvgIpc) is 2.46. The number of hydrogen-bond donors (Lipinski definition) is 3. The van der Waals surface area contributed by atoms with Gasteiger partial charge in [-0.25, -0.2) is 13.6 Å². The highest BCUT2D eigenvalue weighted by molar-refractivity contribution is 8.00. The highest BCUT2D eigenvalue weighted by Crippen LogP contribution is 2.34. The monoisotopic (exact) mass is 334 g/mol. The summed E-state index contributed by atoms with van der Waals surface area (Å²) in [5.74, 6) is -1.83. The quantitative estimate of drug-likeness (QED) is 0.517. The van der Waals surface area contributed by atoms with E-state index in [1.807, 2.05) is 0 Å². The summed E-state index contributed by atoms with van der Waals surface area (Å²) < 4.78 is 30.3. The van der Waals surface area contributed by atoms with Gasteiger partial charge in [0.05, 0.1) is 18.0 Å². The van der Waals surface area contributed by atoms with Crippen LogP contribution in [0.2, 0.25) is 0 Å². The van der Waals surface area contributed by atoms with E-state index >= 15 is 0 Å². The van der Waals surface area contributed by atoms with Crippen LogP contribution in [0.15, 0.2) is 23.1 Å². The van der Waals surface area contributed by atoms with Crippen molar-refractivity contribution in [2.45, 2.75) is 29.7 Å². The highest BCUT2D eigenvalue weighted by Gasteiger charge is 2.24. The van der Waals surface area contributed by atoms with Crippen LogP contribution in [0.25, 0.3) is 0 Å². The van der Waals surface area contributed by atoms with Gasteiger partial charge in [0.2, 0.25) is 5.91 Å². The van der Waals surface area contributed by atoms with Gasteiger partial charge in [0, 0.05) is 5.56 Å². The predicted molar refractivity (Wildman–Crippen MR) is 77.0 cm³/mol. The number of carbonyl (C=O) groups is 2. The van der Waals surface area contributed by atoms with Crippen LogP contribution in [0.1, 0.15) is 18.9 Å². The highest BCUT2D eigenvalue weighted by atomic mass is 32.2. The predicted octanol–water partition coefficient (Wildman–Crippen LogP) is 1.60. The number of alkyl halides is 2. The van der Waals surface area contributed by atoms with Gasteiger partial charge in [-0.1, -0.05) is 17.8 Å². The van der Waals surface area contributed by atoms with Gasteiger partial charge in [0.15, 0.2) is 5.37 Å². The average molecular weight is 334 g/mol. The van der Waals surface area contributed by atoms with Gasteiger partial charge < -0.3 is 20.9 Å². The van der Waals surface area contributed by atoms with E-state index in [0.717, 1.165) is 17.8 Å². The number of amides is 1. The summed E-state index contributed by atoms with van der Waals surface area (Å²) in [6, 6.07) is 2.74. The van der Waals surface area contributed by atoms with Crippen molar-refractivity contribution in [2.24, 2.45) is 5.73 Å². The Bertz CT molecular complexity index is 555. The number of ether oxygens (including phenoxy) is 1. The van der Waals surface area contributed by atoms with Gasteiger partial charge in [0.1, 0.15) is 5.75 Å². The third kappa shape index (κ3) is 4.85. The molecule has 0 unspecified atom stereocenters. The van der Waals surface area contributed by atoms with Crippen LogP contribution in [0.3, 0.4) is 0 Å².